The molecule has 0 heterocycles. The molecule has 3 N–H and O–H groups in total. The Hall–Kier alpha value is -3.49. The summed E-state index contributed by atoms with van der Waals surface area (Å²) in [5, 5.41) is 5.82. The monoisotopic (exact) mass is 505 g/mol. The highest BCUT2D eigenvalue weighted by Gasteiger charge is 2.28. The van der Waals surface area contributed by atoms with E-state index in [0.717, 1.165) is 18.4 Å². The summed E-state index contributed by atoms with van der Waals surface area (Å²) in [4.78, 5) is 25.9. The largest absolute Gasteiger partial charge is 0.326 e. The zero-order valence-electron chi connectivity index (χ0n) is 20.7. The number of carbonyl (C=O) groups is 2. The summed E-state index contributed by atoms with van der Waals surface area (Å²) in [5.74, 6) is -0.446. The lowest BCUT2D eigenvalue weighted by Crippen LogP contribution is -2.25. The van der Waals surface area contributed by atoms with Crippen LogP contribution >= 0.6 is 0 Å². The van der Waals surface area contributed by atoms with Crippen molar-refractivity contribution in [3.05, 3.63) is 89.5 Å². The van der Waals surface area contributed by atoms with Crippen LogP contribution < -0.4 is 15.4 Å². The molecule has 7 nitrogen and oxygen atoms in total. The van der Waals surface area contributed by atoms with E-state index in [0.29, 0.717) is 22.5 Å². The molecule has 0 radical (unpaired) electrons. The van der Waals surface area contributed by atoms with Gasteiger partial charge in [-0.25, -0.2) is 13.1 Å². The van der Waals surface area contributed by atoms with Crippen molar-refractivity contribution in [1.82, 2.24) is 4.72 Å². The van der Waals surface area contributed by atoms with Gasteiger partial charge in [0.25, 0.3) is 5.91 Å². The lowest BCUT2D eigenvalue weighted by Gasteiger charge is -2.23. The highest BCUT2D eigenvalue weighted by atomic mass is 32.2. The van der Waals surface area contributed by atoms with Crippen LogP contribution in [0.1, 0.15) is 55.1 Å². The van der Waals surface area contributed by atoms with Crippen LogP contribution in [0.25, 0.3) is 0 Å². The first-order valence-electron chi connectivity index (χ1n) is 11.9. The molecule has 0 saturated heterocycles. The third kappa shape index (κ3) is 6.59. The molecule has 0 unspecified atom stereocenters. The molecule has 0 aliphatic heterocycles. The molecule has 0 spiro atoms. The highest BCUT2D eigenvalue weighted by molar-refractivity contribution is 7.89. The zero-order chi connectivity index (χ0) is 25.9. The molecular formula is C28H31N3O4S. The summed E-state index contributed by atoms with van der Waals surface area (Å²) >= 11 is 0. The Morgan fingerprint density at radius 2 is 1.53 bits per heavy atom. The van der Waals surface area contributed by atoms with Gasteiger partial charge in [-0.2, -0.15) is 0 Å². The number of hydrogen-bond donors (Lipinski definition) is 3. The molecule has 0 bridgehead atoms. The molecule has 36 heavy (non-hydrogen) atoms. The molecule has 1 aliphatic rings. The summed E-state index contributed by atoms with van der Waals surface area (Å²) in [6, 6.07) is 20.9. The SMILES string of the molecule is CC(C)(C)c1cc(NC(=O)Cc2ccc(S(=O)(=O)NC3CC3)cc2)ccc1C(=O)Nc1ccccc1. The molecule has 8 heteroatoms. The average Bonchev–Trinajstić information content (AvgIpc) is 3.62. The summed E-state index contributed by atoms with van der Waals surface area (Å²) in [6.07, 6.45) is 1.83. The Morgan fingerprint density at radius 3 is 2.14 bits per heavy atom. The van der Waals surface area contributed by atoms with Gasteiger partial charge in [0.05, 0.1) is 11.3 Å². The molecule has 1 fully saturated rings. The van der Waals surface area contributed by atoms with Gasteiger partial charge < -0.3 is 10.6 Å². The maximum atomic E-state index is 13.0. The first-order chi connectivity index (χ1) is 17.0. The van der Waals surface area contributed by atoms with Gasteiger partial charge >= 0.3 is 0 Å². The van der Waals surface area contributed by atoms with Crippen LogP contribution in [-0.2, 0) is 26.7 Å². The lowest BCUT2D eigenvalue weighted by atomic mass is 9.83. The maximum Gasteiger partial charge on any atom is 0.255 e. The third-order valence-corrected chi connectivity index (χ3v) is 7.42. The number of hydrogen-bond acceptors (Lipinski definition) is 4. The Morgan fingerprint density at radius 1 is 0.861 bits per heavy atom. The lowest BCUT2D eigenvalue weighted by molar-refractivity contribution is -0.115. The van der Waals surface area contributed by atoms with Crippen molar-refractivity contribution in [2.45, 2.75) is 56.4 Å². The first kappa shape index (κ1) is 25.6. The van der Waals surface area contributed by atoms with Crippen molar-refractivity contribution in [1.29, 1.82) is 0 Å². The third-order valence-electron chi connectivity index (χ3n) is 5.89. The van der Waals surface area contributed by atoms with E-state index in [2.05, 4.69) is 15.4 Å². The Kier molecular flexibility index (Phi) is 7.28. The number of para-hydroxylation sites is 1. The fourth-order valence-electron chi connectivity index (χ4n) is 3.83. The van der Waals surface area contributed by atoms with E-state index in [9.17, 15) is 18.0 Å². The average molecular weight is 506 g/mol. The minimum Gasteiger partial charge on any atom is -0.326 e. The predicted octanol–water partition coefficient (Wildman–Crippen LogP) is 4.86. The second-order valence-corrected chi connectivity index (χ2v) is 11.8. The quantitative estimate of drug-likeness (QED) is 0.407. The van der Waals surface area contributed by atoms with Gasteiger partial charge in [0.15, 0.2) is 0 Å². The van der Waals surface area contributed by atoms with Crippen LogP contribution in [0.5, 0.6) is 0 Å². The molecule has 3 aromatic carbocycles. The molecule has 0 atom stereocenters. The number of benzene rings is 3. The Bertz CT molecular complexity index is 1360. The van der Waals surface area contributed by atoms with Gasteiger partial charge in [-0.3, -0.25) is 9.59 Å². The number of rotatable bonds is 8. The maximum absolute atomic E-state index is 13.0. The summed E-state index contributed by atoms with van der Waals surface area (Å²) < 4.78 is 27.3. The van der Waals surface area contributed by atoms with Crippen molar-refractivity contribution in [3.63, 3.8) is 0 Å². The van der Waals surface area contributed by atoms with Crippen molar-refractivity contribution < 1.29 is 18.0 Å². The second kappa shape index (κ2) is 10.2. The van der Waals surface area contributed by atoms with Crippen molar-refractivity contribution in [3.8, 4) is 0 Å². The van der Waals surface area contributed by atoms with E-state index in [1.54, 1.807) is 24.3 Å². The van der Waals surface area contributed by atoms with Crippen LogP contribution in [0.2, 0.25) is 0 Å². The summed E-state index contributed by atoms with van der Waals surface area (Å²) in [6.45, 7) is 6.04. The van der Waals surface area contributed by atoms with Gasteiger partial charge in [0, 0.05) is 23.0 Å². The summed E-state index contributed by atoms with van der Waals surface area (Å²) in [5.41, 5.74) is 3.02. The molecule has 1 saturated carbocycles. The molecule has 1 aliphatic carbocycles. The number of nitrogens with one attached hydrogen (secondary N) is 3. The van der Waals surface area contributed by atoms with Gasteiger partial charge in [-0.15, -0.1) is 0 Å². The molecule has 0 aromatic heterocycles. The summed E-state index contributed by atoms with van der Waals surface area (Å²) in [7, 11) is -3.52. The van der Waals surface area contributed by atoms with Crippen molar-refractivity contribution in [2.24, 2.45) is 0 Å². The van der Waals surface area contributed by atoms with Gasteiger partial charge in [-0.1, -0.05) is 51.1 Å². The number of amides is 2. The van der Waals surface area contributed by atoms with E-state index in [1.165, 1.54) is 12.1 Å². The van der Waals surface area contributed by atoms with E-state index in [1.807, 2.05) is 57.2 Å². The fourth-order valence-corrected chi connectivity index (χ4v) is 5.13. The van der Waals surface area contributed by atoms with Crippen molar-refractivity contribution >= 4 is 33.2 Å². The van der Waals surface area contributed by atoms with Gasteiger partial charge in [0.1, 0.15) is 0 Å². The molecule has 2 amide bonds. The van der Waals surface area contributed by atoms with E-state index < -0.39 is 10.0 Å². The molecular weight excluding hydrogens is 474 g/mol. The van der Waals surface area contributed by atoms with Gasteiger partial charge in [0.2, 0.25) is 15.9 Å². The standard InChI is InChI=1S/C28H31N3O4S/c1-28(2,3)25-18-22(13-16-24(25)27(33)30-20-7-5-4-6-8-20)29-26(32)17-19-9-14-23(15-10-19)36(34,35)31-21-11-12-21/h4-10,13-16,18,21,31H,11-12,17H2,1-3H3,(H,29,32)(H,30,33). The van der Waals surface area contributed by atoms with Crippen LogP contribution in [0, 0.1) is 0 Å². The van der Waals surface area contributed by atoms with E-state index in [4.69, 9.17) is 0 Å². The molecule has 3 aromatic rings. The van der Waals surface area contributed by atoms with Gasteiger partial charge in [-0.05, 0) is 71.8 Å². The van der Waals surface area contributed by atoms with Crippen molar-refractivity contribution in [2.75, 3.05) is 10.6 Å². The number of carbonyl (C=O) groups excluding carboxylic acids is 2. The number of anilines is 2. The Balaban J connectivity index is 1.45. The predicted molar refractivity (Wildman–Crippen MR) is 142 cm³/mol. The van der Waals surface area contributed by atoms with E-state index in [-0.39, 0.29) is 34.6 Å². The van der Waals surface area contributed by atoms with Crippen LogP contribution in [-0.4, -0.2) is 26.3 Å². The minimum atomic E-state index is -3.52. The zero-order valence-corrected chi connectivity index (χ0v) is 21.5. The minimum absolute atomic E-state index is 0.0363. The topological polar surface area (TPSA) is 104 Å². The van der Waals surface area contributed by atoms with Crippen LogP contribution in [0.4, 0.5) is 11.4 Å². The normalized spacial score (nSPS) is 13.8. The first-order valence-corrected chi connectivity index (χ1v) is 13.4. The number of sulfonamides is 1. The molecule has 188 valence electrons. The highest BCUT2D eigenvalue weighted by Crippen LogP contribution is 2.29. The Labute approximate surface area is 212 Å². The van der Waals surface area contributed by atoms with Crippen LogP contribution in [0.3, 0.4) is 0 Å². The second-order valence-electron chi connectivity index (χ2n) is 10.1. The smallest absolute Gasteiger partial charge is 0.255 e. The van der Waals surface area contributed by atoms with Crippen LogP contribution in [0.15, 0.2) is 77.7 Å². The molecule has 4 rings (SSSR count). The fraction of sp³-hybridized carbons (Fsp3) is 0.286. The van der Waals surface area contributed by atoms with E-state index >= 15 is 0 Å².